The number of fused-ring (bicyclic) bond motifs is 1. The number of furan rings is 1. The number of hydrogen-bond donors (Lipinski definition) is 1. The zero-order chi connectivity index (χ0) is 13.1. The minimum Gasteiger partial charge on any atom is -0.464 e. The van der Waals surface area contributed by atoms with Gasteiger partial charge in [0.25, 0.3) is 0 Å². The SMILES string of the molecule is OCCOC1CCN(c2nccc3occc23)CC1. The van der Waals surface area contributed by atoms with E-state index in [1.54, 1.807) is 12.5 Å². The van der Waals surface area contributed by atoms with Crippen LogP contribution in [0.5, 0.6) is 0 Å². The van der Waals surface area contributed by atoms with E-state index in [-0.39, 0.29) is 12.7 Å². The summed E-state index contributed by atoms with van der Waals surface area (Å²) in [6.07, 6.45) is 5.68. The maximum Gasteiger partial charge on any atom is 0.139 e. The smallest absolute Gasteiger partial charge is 0.139 e. The Balaban J connectivity index is 1.69. The summed E-state index contributed by atoms with van der Waals surface area (Å²) >= 11 is 0. The van der Waals surface area contributed by atoms with Crippen LogP contribution in [0.3, 0.4) is 0 Å². The predicted molar refractivity (Wildman–Crippen MR) is 72.3 cm³/mol. The standard InChI is InChI=1S/C14H18N2O3/c17-8-10-18-11-2-6-16(7-3-11)14-12-4-9-19-13(12)1-5-15-14/h1,4-5,9,11,17H,2-3,6-8,10H2. The van der Waals surface area contributed by atoms with Crippen LogP contribution in [0, 0.1) is 0 Å². The van der Waals surface area contributed by atoms with Gasteiger partial charge in [-0.05, 0) is 25.0 Å². The van der Waals surface area contributed by atoms with Gasteiger partial charge < -0.3 is 19.2 Å². The van der Waals surface area contributed by atoms with Gasteiger partial charge in [-0.15, -0.1) is 0 Å². The van der Waals surface area contributed by atoms with Gasteiger partial charge >= 0.3 is 0 Å². The molecule has 1 N–H and O–H groups in total. The maximum absolute atomic E-state index is 8.77. The summed E-state index contributed by atoms with van der Waals surface area (Å²) < 4.78 is 11.0. The highest BCUT2D eigenvalue weighted by Crippen LogP contribution is 2.27. The van der Waals surface area contributed by atoms with Crippen LogP contribution < -0.4 is 4.90 Å². The first-order chi connectivity index (χ1) is 9.38. The van der Waals surface area contributed by atoms with Crippen molar-refractivity contribution in [2.24, 2.45) is 0 Å². The Bertz CT molecular complexity index is 532. The second kappa shape index (κ2) is 5.59. The molecule has 0 amide bonds. The van der Waals surface area contributed by atoms with E-state index in [2.05, 4.69) is 9.88 Å². The van der Waals surface area contributed by atoms with Crippen molar-refractivity contribution < 1.29 is 14.3 Å². The second-order valence-electron chi connectivity index (χ2n) is 4.75. The zero-order valence-corrected chi connectivity index (χ0v) is 10.8. The molecule has 5 heteroatoms. The fourth-order valence-electron chi connectivity index (χ4n) is 2.59. The van der Waals surface area contributed by atoms with Crippen LogP contribution in [-0.4, -0.2) is 42.5 Å². The number of aromatic nitrogens is 1. The topological polar surface area (TPSA) is 58.7 Å². The molecule has 3 heterocycles. The Kier molecular flexibility index (Phi) is 3.66. The largest absolute Gasteiger partial charge is 0.464 e. The Labute approximate surface area is 111 Å². The normalized spacial score (nSPS) is 17.2. The molecule has 0 saturated carbocycles. The Morgan fingerprint density at radius 1 is 1.37 bits per heavy atom. The lowest BCUT2D eigenvalue weighted by Crippen LogP contribution is -2.37. The molecule has 0 aromatic carbocycles. The van der Waals surface area contributed by atoms with Crippen LogP contribution in [0.25, 0.3) is 11.0 Å². The number of aliphatic hydroxyl groups excluding tert-OH is 1. The van der Waals surface area contributed by atoms with Crippen LogP contribution in [0.1, 0.15) is 12.8 Å². The third kappa shape index (κ3) is 2.57. The molecule has 0 spiro atoms. The summed E-state index contributed by atoms with van der Waals surface area (Å²) in [6, 6.07) is 3.85. The van der Waals surface area contributed by atoms with Crippen molar-refractivity contribution in [3.05, 3.63) is 24.6 Å². The van der Waals surface area contributed by atoms with Gasteiger partial charge in [-0.3, -0.25) is 0 Å². The van der Waals surface area contributed by atoms with Gasteiger partial charge in [0.15, 0.2) is 0 Å². The summed E-state index contributed by atoms with van der Waals surface area (Å²) in [5, 5.41) is 9.83. The fraction of sp³-hybridized carbons (Fsp3) is 0.500. The maximum atomic E-state index is 8.77. The number of hydrogen-bond acceptors (Lipinski definition) is 5. The van der Waals surface area contributed by atoms with Crippen molar-refractivity contribution >= 4 is 16.8 Å². The summed E-state index contributed by atoms with van der Waals surface area (Å²) in [4.78, 5) is 6.75. The molecule has 0 bridgehead atoms. The van der Waals surface area contributed by atoms with Crippen LogP contribution >= 0.6 is 0 Å². The zero-order valence-electron chi connectivity index (χ0n) is 10.8. The molecule has 1 fully saturated rings. The summed E-state index contributed by atoms with van der Waals surface area (Å²) in [6.45, 7) is 2.37. The molecule has 0 atom stereocenters. The molecule has 5 nitrogen and oxygen atoms in total. The first-order valence-corrected chi connectivity index (χ1v) is 6.68. The highest BCUT2D eigenvalue weighted by atomic mass is 16.5. The molecule has 1 saturated heterocycles. The van der Waals surface area contributed by atoms with Gasteiger partial charge in [-0.2, -0.15) is 0 Å². The molecule has 1 aliphatic rings. The number of piperidine rings is 1. The number of pyridine rings is 1. The number of rotatable bonds is 4. The monoisotopic (exact) mass is 262 g/mol. The molecule has 102 valence electrons. The van der Waals surface area contributed by atoms with Crippen LogP contribution in [-0.2, 0) is 4.74 Å². The highest BCUT2D eigenvalue weighted by molar-refractivity contribution is 5.88. The molecule has 3 rings (SSSR count). The molecule has 2 aromatic heterocycles. The van der Waals surface area contributed by atoms with Crippen molar-refractivity contribution in [3.63, 3.8) is 0 Å². The first kappa shape index (κ1) is 12.4. The third-order valence-corrected chi connectivity index (χ3v) is 3.55. The van der Waals surface area contributed by atoms with E-state index in [1.807, 2.05) is 12.1 Å². The molecule has 0 radical (unpaired) electrons. The predicted octanol–water partition coefficient (Wildman–Crippen LogP) is 1.81. The van der Waals surface area contributed by atoms with Crippen LogP contribution in [0.2, 0.25) is 0 Å². The molecule has 0 unspecified atom stereocenters. The number of ether oxygens (including phenoxy) is 1. The summed E-state index contributed by atoms with van der Waals surface area (Å²) in [5.74, 6) is 0.992. The summed E-state index contributed by atoms with van der Waals surface area (Å²) in [5.41, 5.74) is 0.878. The molecular weight excluding hydrogens is 244 g/mol. The van der Waals surface area contributed by atoms with E-state index in [4.69, 9.17) is 14.3 Å². The van der Waals surface area contributed by atoms with Crippen molar-refractivity contribution in [2.45, 2.75) is 18.9 Å². The fourth-order valence-corrected chi connectivity index (χ4v) is 2.59. The van der Waals surface area contributed by atoms with Crippen molar-refractivity contribution in [2.75, 3.05) is 31.2 Å². The van der Waals surface area contributed by atoms with E-state index >= 15 is 0 Å². The van der Waals surface area contributed by atoms with Crippen LogP contribution in [0.4, 0.5) is 5.82 Å². The van der Waals surface area contributed by atoms with E-state index < -0.39 is 0 Å². The van der Waals surface area contributed by atoms with Gasteiger partial charge in [0.2, 0.25) is 0 Å². The van der Waals surface area contributed by atoms with E-state index in [0.29, 0.717) is 6.61 Å². The molecule has 1 aliphatic heterocycles. The van der Waals surface area contributed by atoms with Crippen molar-refractivity contribution in [3.8, 4) is 0 Å². The van der Waals surface area contributed by atoms with Crippen molar-refractivity contribution in [1.29, 1.82) is 0 Å². The van der Waals surface area contributed by atoms with Gasteiger partial charge in [0.05, 0.1) is 31.0 Å². The minimum atomic E-state index is 0.0934. The third-order valence-electron chi connectivity index (χ3n) is 3.55. The molecular formula is C14H18N2O3. The number of aliphatic hydroxyl groups is 1. The Morgan fingerprint density at radius 3 is 3.00 bits per heavy atom. The number of anilines is 1. The lowest BCUT2D eigenvalue weighted by Gasteiger charge is -2.32. The van der Waals surface area contributed by atoms with Gasteiger partial charge in [0, 0.05) is 19.3 Å². The van der Waals surface area contributed by atoms with E-state index in [9.17, 15) is 0 Å². The Morgan fingerprint density at radius 2 is 2.21 bits per heavy atom. The van der Waals surface area contributed by atoms with E-state index in [0.717, 1.165) is 42.7 Å². The quantitative estimate of drug-likeness (QED) is 0.910. The molecule has 0 aliphatic carbocycles. The molecule has 2 aromatic rings. The van der Waals surface area contributed by atoms with Gasteiger partial charge in [0.1, 0.15) is 11.4 Å². The average Bonchev–Trinajstić information content (AvgIpc) is 2.94. The molecule has 19 heavy (non-hydrogen) atoms. The number of nitrogens with zero attached hydrogens (tertiary/aromatic N) is 2. The lowest BCUT2D eigenvalue weighted by molar-refractivity contribution is 0.0158. The highest BCUT2D eigenvalue weighted by Gasteiger charge is 2.22. The van der Waals surface area contributed by atoms with E-state index in [1.165, 1.54) is 0 Å². The van der Waals surface area contributed by atoms with Gasteiger partial charge in [-0.25, -0.2) is 4.98 Å². The lowest BCUT2D eigenvalue weighted by atomic mass is 10.1. The van der Waals surface area contributed by atoms with Crippen molar-refractivity contribution in [1.82, 2.24) is 4.98 Å². The van der Waals surface area contributed by atoms with Crippen LogP contribution in [0.15, 0.2) is 29.0 Å². The van der Waals surface area contributed by atoms with Gasteiger partial charge in [-0.1, -0.05) is 0 Å². The first-order valence-electron chi connectivity index (χ1n) is 6.68. The second-order valence-corrected chi connectivity index (χ2v) is 4.75. The average molecular weight is 262 g/mol. The Hall–Kier alpha value is -1.59. The minimum absolute atomic E-state index is 0.0934. The summed E-state index contributed by atoms with van der Waals surface area (Å²) in [7, 11) is 0.